The number of hydrogen-bond acceptors (Lipinski definition) is 7. The molecule has 0 atom stereocenters. The summed E-state index contributed by atoms with van der Waals surface area (Å²) in [5, 5.41) is 0.726. The van der Waals surface area contributed by atoms with Crippen LogP contribution >= 0.6 is 11.8 Å². The first kappa shape index (κ1) is 10.4. The number of hydrogen-bond donors (Lipinski definition) is 3. The van der Waals surface area contributed by atoms with Crippen LogP contribution in [0.4, 0.5) is 11.6 Å². The summed E-state index contributed by atoms with van der Waals surface area (Å²) in [6, 6.07) is 2.77. The van der Waals surface area contributed by atoms with Crippen LogP contribution in [0.2, 0.25) is 0 Å². The molecule has 0 fully saturated rings. The van der Waals surface area contributed by atoms with Gasteiger partial charge in [0.15, 0.2) is 10.3 Å². The van der Waals surface area contributed by atoms with Crippen molar-refractivity contribution in [2.24, 2.45) is 0 Å². The van der Waals surface area contributed by atoms with Crippen LogP contribution in [0, 0.1) is 0 Å². The standard InChI is InChI=1S/C8H8N6OS/c9-4-1-2-11-7(12-4)16-8-13-5(10)3-6(15)14-8/h1-3H,(H2,9,11,12)(H3,10,13,14,15). The van der Waals surface area contributed by atoms with Gasteiger partial charge in [-0.3, -0.25) is 4.79 Å². The molecule has 82 valence electrons. The lowest BCUT2D eigenvalue weighted by Gasteiger charge is -2.00. The number of nitrogen functional groups attached to an aromatic ring is 2. The lowest BCUT2D eigenvalue weighted by Crippen LogP contribution is -2.09. The molecule has 0 aliphatic carbocycles. The first-order valence-corrected chi connectivity index (χ1v) is 5.08. The van der Waals surface area contributed by atoms with Crippen LogP contribution < -0.4 is 17.0 Å². The maximum atomic E-state index is 11.1. The number of aromatic amines is 1. The van der Waals surface area contributed by atoms with Gasteiger partial charge in [0, 0.05) is 12.3 Å². The number of nitrogens with two attached hydrogens (primary N) is 2. The summed E-state index contributed by atoms with van der Waals surface area (Å²) >= 11 is 1.08. The fourth-order valence-corrected chi connectivity index (χ4v) is 1.73. The van der Waals surface area contributed by atoms with Crippen molar-refractivity contribution < 1.29 is 0 Å². The molecule has 0 bridgehead atoms. The van der Waals surface area contributed by atoms with E-state index in [-0.39, 0.29) is 11.4 Å². The first-order valence-electron chi connectivity index (χ1n) is 4.27. The maximum Gasteiger partial charge on any atom is 0.253 e. The zero-order valence-corrected chi connectivity index (χ0v) is 8.86. The molecule has 0 aliphatic heterocycles. The lowest BCUT2D eigenvalue weighted by molar-refractivity contribution is 0.919. The molecule has 0 radical (unpaired) electrons. The van der Waals surface area contributed by atoms with Crippen molar-refractivity contribution in [2.45, 2.75) is 10.3 Å². The Morgan fingerprint density at radius 2 is 2.06 bits per heavy atom. The Balaban J connectivity index is 2.30. The monoisotopic (exact) mass is 236 g/mol. The summed E-state index contributed by atoms with van der Waals surface area (Å²) in [6.45, 7) is 0. The highest BCUT2D eigenvalue weighted by molar-refractivity contribution is 7.99. The van der Waals surface area contributed by atoms with Crippen molar-refractivity contribution in [3.8, 4) is 0 Å². The fraction of sp³-hybridized carbons (Fsp3) is 0. The molecule has 0 aliphatic rings. The molecule has 0 aromatic carbocycles. The topological polar surface area (TPSA) is 124 Å². The highest BCUT2D eigenvalue weighted by Crippen LogP contribution is 2.20. The minimum Gasteiger partial charge on any atom is -0.384 e. The van der Waals surface area contributed by atoms with Gasteiger partial charge in [0.05, 0.1) is 0 Å². The summed E-state index contributed by atoms with van der Waals surface area (Å²) in [4.78, 5) is 25.5. The van der Waals surface area contributed by atoms with Gasteiger partial charge >= 0.3 is 0 Å². The van der Waals surface area contributed by atoms with Gasteiger partial charge in [0.25, 0.3) is 5.56 Å². The summed E-state index contributed by atoms with van der Waals surface area (Å²) < 4.78 is 0. The van der Waals surface area contributed by atoms with Crippen molar-refractivity contribution in [2.75, 3.05) is 11.5 Å². The highest BCUT2D eigenvalue weighted by atomic mass is 32.2. The Hall–Kier alpha value is -2.09. The van der Waals surface area contributed by atoms with Crippen molar-refractivity contribution in [1.29, 1.82) is 0 Å². The predicted octanol–water partition coefficient (Wildman–Crippen LogP) is -0.125. The van der Waals surface area contributed by atoms with Crippen LogP contribution in [-0.4, -0.2) is 19.9 Å². The molecular formula is C8H8N6OS. The number of nitrogens with zero attached hydrogens (tertiary/aromatic N) is 3. The van der Waals surface area contributed by atoms with Crippen LogP contribution in [0.1, 0.15) is 0 Å². The van der Waals surface area contributed by atoms with Gasteiger partial charge in [-0.05, 0) is 17.8 Å². The summed E-state index contributed by atoms with van der Waals surface area (Å²) in [6.07, 6.45) is 1.52. The number of aromatic nitrogens is 4. The average molecular weight is 236 g/mol. The third-order valence-electron chi connectivity index (χ3n) is 1.58. The number of anilines is 2. The molecule has 2 heterocycles. The second kappa shape index (κ2) is 4.19. The van der Waals surface area contributed by atoms with E-state index in [1.54, 1.807) is 6.07 Å². The lowest BCUT2D eigenvalue weighted by atomic mass is 10.6. The van der Waals surface area contributed by atoms with E-state index in [2.05, 4.69) is 19.9 Å². The molecule has 7 nitrogen and oxygen atoms in total. The van der Waals surface area contributed by atoms with E-state index in [0.717, 1.165) is 11.8 Å². The van der Waals surface area contributed by atoms with Gasteiger partial charge in [-0.15, -0.1) is 0 Å². The Morgan fingerprint density at radius 3 is 2.75 bits per heavy atom. The minimum absolute atomic E-state index is 0.148. The van der Waals surface area contributed by atoms with Crippen LogP contribution in [0.25, 0.3) is 0 Å². The minimum atomic E-state index is -0.320. The van der Waals surface area contributed by atoms with E-state index >= 15 is 0 Å². The Kier molecular flexibility index (Phi) is 2.73. The molecule has 16 heavy (non-hydrogen) atoms. The largest absolute Gasteiger partial charge is 0.384 e. The van der Waals surface area contributed by atoms with E-state index in [4.69, 9.17) is 11.5 Å². The summed E-state index contributed by atoms with van der Waals surface area (Å²) in [5.74, 6) is 0.499. The Morgan fingerprint density at radius 1 is 1.25 bits per heavy atom. The van der Waals surface area contributed by atoms with Gasteiger partial charge in [0.1, 0.15) is 11.6 Å². The van der Waals surface area contributed by atoms with E-state index in [1.807, 2.05) is 0 Å². The van der Waals surface area contributed by atoms with E-state index in [1.165, 1.54) is 12.3 Å². The van der Waals surface area contributed by atoms with Crippen molar-refractivity contribution in [1.82, 2.24) is 19.9 Å². The van der Waals surface area contributed by atoms with Gasteiger partial charge in [-0.25, -0.2) is 15.0 Å². The summed E-state index contributed by atoms with van der Waals surface area (Å²) in [5.41, 5.74) is 10.6. The molecule has 2 aromatic heterocycles. The van der Waals surface area contributed by atoms with Crippen molar-refractivity contribution in [3.63, 3.8) is 0 Å². The van der Waals surface area contributed by atoms with Crippen LogP contribution in [0.15, 0.2) is 33.4 Å². The molecular weight excluding hydrogens is 228 g/mol. The van der Waals surface area contributed by atoms with E-state index < -0.39 is 0 Å². The Labute approximate surface area is 94.3 Å². The summed E-state index contributed by atoms with van der Waals surface area (Å²) in [7, 11) is 0. The van der Waals surface area contributed by atoms with Crippen LogP contribution in [0.5, 0.6) is 0 Å². The number of rotatable bonds is 2. The van der Waals surface area contributed by atoms with Gasteiger partial charge in [0.2, 0.25) is 0 Å². The SMILES string of the molecule is Nc1ccnc(Sc2nc(N)cc(=O)[nH]2)n1. The Bertz CT molecular complexity index is 568. The quantitative estimate of drug-likeness (QED) is 0.620. The zero-order valence-electron chi connectivity index (χ0n) is 8.04. The van der Waals surface area contributed by atoms with Crippen LogP contribution in [-0.2, 0) is 0 Å². The number of nitrogens with one attached hydrogen (secondary N) is 1. The molecule has 0 unspecified atom stereocenters. The smallest absolute Gasteiger partial charge is 0.253 e. The molecule has 2 rings (SSSR count). The molecule has 2 aromatic rings. The predicted molar refractivity (Wildman–Crippen MR) is 59.8 cm³/mol. The molecule has 0 saturated carbocycles. The highest BCUT2D eigenvalue weighted by Gasteiger charge is 2.04. The zero-order chi connectivity index (χ0) is 11.5. The first-order chi connectivity index (χ1) is 7.63. The molecule has 0 saturated heterocycles. The normalized spacial score (nSPS) is 10.2. The van der Waals surface area contributed by atoms with Gasteiger partial charge < -0.3 is 16.5 Å². The van der Waals surface area contributed by atoms with Crippen molar-refractivity contribution >= 4 is 23.4 Å². The maximum absolute atomic E-state index is 11.1. The van der Waals surface area contributed by atoms with Gasteiger partial charge in [-0.2, -0.15) is 0 Å². The molecule has 8 heteroatoms. The molecule has 0 spiro atoms. The van der Waals surface area contributed by atoms with Crippen molar-refractivity contribution in [3.05, 3.63) is 28.7 Å². The number of H-pyrrole nitrogens is 1. The average Bonchev–Trinajstić information content (AvgIpc) is 2.15. The second-order valence-electron chi connectivity index (χ2n) is 2.84. The fourth-order valence-electron chi connectivity index (χ4n) is 0.991. The van der Waals surface area contributed by atoms with Crippen LogP contribution in [0.3, 0.4) is 0 Å². The van der Waals surface area contributed by atoms with E-state index in [9.17, 15) is 4.79 Å². The molecule has 0 amide bonds. The van der Waals surface area contributed by atoms with Gasteiger partial charge in [-0.1, -0.05) is 0 Å². The third-order valence-corrected chi connectivity index (χ3v) is 2.35. The third kappa shape index (κ3) is 2.48. The molecule has 5 N–H and O–H groups in total. The van der Waals surface area contributed by atoms with E-state index in [0.29, 0.717) is 16.1 Å². The second-order valence-corrected chi connectivity index (χ2v) is 3.80.